The predicted octanol–water partition coefficient (Wildman–Crippen LogP) is 5.56. The molecule has 0 aliphatic carbocycles. The number of aryl methyl sites for hydroxylation is 1. The van der Waals surface area contributed by atoms with E-state index >= 15 is 0 Å². The number of aromatic nitrogens is 2. The van der Waals surface area contributed by atoms with Crippen molar-refractivity contribution in [3.05, 3.63) is 64.8 Å². The molecule has 1 N–H and O–H groups in total. The van der Waals surface area contributed by atoms with Crippen molar-refractivity contribution in [1.29, 1.82) is 0 Å². The van der Waals surface area contributed by atoms with Crippen molar-refractivity contribution in [1.82, 2.24) is 14.9 Å². The van der Waals surface area contributed by atoms with E-state index in [1.54, 1.807) is 44.6 Å². The van der Waals surface area contributed by atoms with Gasteiger partial charge in [-0.1, -0.05) is 12.1 Å². The van der Waals surface area contributed by atoms with Gasteiger partial charge in [0.15, 0.2) is 11.5 Å². The van der Waals surface area contributed by atoms with Crippen molar-refractivity contribution in [2.24, 2.45) is 0 Å². The molecule has 0 fully saturated rings. The Hall–Kier alpha value is -3.65. The van der Waals surface area contributed by atoms with Crippen LogP contribution in [0.1, 0.15) is 34.0 Å². The van der Waals surface area contributed by atoms with Crippen molar-refractivity contribution < 1.29 is 14.3 Å². The van der Waals surface area contributed by atoms with Crippen LogP contribution in [0.25, 0.3) is 21.3 Å². The summed E-state index contributed by atoms with van der Waals surface area (Å²) in [6, 6.07) is 15.7. The molecule has 4 aromatic rings. The molecule has 2 aromatic heterocycles. The van der Waals surface area contributed by atoms with E-state index in [9.17, 15) is 4.79 Å². The van der Waals surface area contributed by atoms with E-state index in [0.29, 0.717) is 22.9 Å². The van der Waals surface area contributed by atoms with Crippen molar-refractivity contribution in [3.63, 3.8) is 0 Å². The first-order valence-corrected chi connectivity index (χ1v) is 11.7. The number of ether oxygens (including phenoxy) is 2. The number of nitrogens with zero attached hydrogens (tertiary/aromatic N) is 3. The number of carbonyl (C=O) groups is 1. The van der Waals surface area contributed by atoms with Crippen LogP contribution in [0.3, 0.4) is 0 Å². The SMILES string of the molecule is COc1cc2nc(C)nc(NC(C)c3ccc(-c4cccc(C(=O)N(C)C)c4)s3)c2cc1OC. The van der Waals surface area contributed by atoms with Crippen LogP contribution in [0.2, 0.25) is 0 Å². The molecule has 1 atom stereocenters. The number of anilines is 1. The summed E-state index contributed by atoms with van der Waals surface area (Å²) in [6.45, 7) is 3.98. The lowest BCUT2D eigenvalue weighted by Crippen LogP contribution is -2.21. The van der Waals surface area contributed by atoms with E-state index in [0.717, 1.165) is 32.0 Å². The zero-order chi connectivity index (χ0) is 24.4. The Morgan fingerprint density at radius 3 is 2.47 bits per heavy atom. The highest BCUT2D eigenvalue weighted by Crippen LogP contribution is 2.37. The molecule has 0 aliphatic heterocycles. The molecule has 1 unspecified atom stereocenters. The minimum atomic E-state index is -0.00766. The Morgan fingerprint density at radius 2 is 1.76 bits per heavy atom. The third kappa shape index (κ3) is 4.68. The van der Waals surface area contributed by atoms with Crippen LogP contribution in [-0.2, 0) is 0 Å². The van der Waals surface area contributed by atoms with Crippen LogP contribution < -0.4 is 14.8 Å². The minimum absolute atomic E-state index is 0.00766. The van der Waals surface area contributed by atoms with Crippen LogP contribution in [0.4, 0.5) is 5.82 Å². The highest BCUT2D eigenvalue weighted by molar-refractivity contribution is 7.15. The first kappa shape index (κ1) is 23.5. The zero-order valence-corrected chi connectivity index (χ0v) is 21.0. The van der Waals surface area contributed by atoms with Crippen molar-refractivity contribution in [3.8, 4) is 21.9 Å². The second-order valence-electron chi connectivity index (χ2n) is 8.19. The summed E-state index contributed by atoms with van der Waals surface area (Å²) in [5, 5.41) is 4.41. The van der Waals surface area contributed by atoms with Gasteiger partial charge in [-0.05, 0) is 49.7 Å². The Balaban J connectivity index is 1.63. The van der Waals surface area contributed by atoms with Crippen molar-refractivity contribution in [2.75, 3.05) is 33.6 Å². The van der Waals surface area contributed by atoms with Crippen LogP contribution >= 0.6 is 11.3 Å². The Bertz CT molecular complexity index is 1350. The van der Waals surface area contributed by atoms with E-state index in [-0.39, 0.29) is 11.9 Å². The zero-order valence-electron chi connectivity index (χ0n) is 20.2. The quantitative estimate of drug-likeness (QED) is 0.376. The Kier molecular flexibility index (Phi) is 6.70. The van der Waals surface area contributed by atoms with Gasteiger partial charge in [-0.3, -0.25) is 4.79 Å². The number of benzene rings is 2. The van der Waals surface area contributed by atoms with Gasteiger partial charge < -0.3 is 19.7 Å². The average Bonchev–Trinajstić information content (AvgIpc) is 3.33. The fourth-order valence-corrected chi connectivity index (χ4v) is 4.77. The van der Waals surface area contributed by atoms with E-state index < -0.39 is 0 Å². The molecule has 7 nitrogen and oxygen atoms in total. The van der Waals surface area contributed by atoms with Crippen LogP contribution in [0.5, 0.6) is 11.5 Å². The molecule has 0 spiro atoms. The van der Waals surface area contributed by atoms with Gasteiger partial charge in [-0.25, -0.2) is 9.97 Å². The molecule has 2 heterocycles. The second-order valence-corrected chi connectivity index (χ2v) is 9.31. The molecule has 34 heavy (non-hydrogen) atoms. The van der Waals surface area contributed by atoms with Crippen LogP contribution in [-0.4, -0.2) is 49.1 Å². The summed E-state index contributed by atoms with van der Waals surface area (Å²) < 4.78 is 10.9. The molecule has 0 saturated carbocycles. The Labute approximate surface area is 203 Å². The number of amides is 1. The lowest BCUT2D eigenvalue weighted by molar-refractivity contribution is 0.0827. The monoisotopic (exact) mass is 476 g/mol. The number of nitrogens with one attached hydrogen (secondary N) is 1. The molecular weight excluding hydrogens is 448 g/mol. The normalized spacial score (nSPS) is 11.8. The summed E-state index contributed by atoms with van der Waals surface area (Å²) in [4.78, 5) is 25.4. The lowest BCUT2D eigenvalue weighted by Gasteiger charge is -2.16. The summed E-state index contributed by atoms with van der Waals surface area (Å²) in [5.41, 5.74) is 2.49. The number of thiophene rings is 1. The molecule has 0 saturated heterocycles. The number of fused-ring (bicyclic) bond motifs is 1. The highest BCUT2D eigenvalue weighted by Gasteiger charge is 2.16. The third-order valence-corrected chi connectivity index (χ3v) is 6.84. The van der Waals surface area contributed by atoms with Gasteiger partial charge in [-0.15, -0.1) is 11.3 Å². The fraction of sp³-hybridized carbons (Fsp3) is 0.269. The fourth-order valence-electron chi connectivity index (χ4n) is 3.76. The number of hydrogen-bond acceptors (Lipinski definition) is 7. The predicted molar refractivity (Wildman–Crippen MR) is 137 cm³/mol. The largest absolute Gasteiger partial charge is 0.493 e. The molecule has 0 bridgehead atoms. The van der Waals surface area contributed by atoms with Gasteiger partial charge in [0, 0.05) is 40.9 Å². The maximum absolute atomic E-state index is 12.4. The average molecular weight is 477 g/mol. The first-order valence-electron chi connectivity index (χ1n) is 10.9. The summed E-state index contributed by atoms with van der Waals surface area (Å²) in [5.74, 6) is 2.66. The van der Waals surface area contributed by atoms with Gasteiger partial charge in [-0.2, -0.15) is 0 Å². The maximum atomic E-state index is 12.4. The summed E-state index contributed by atoms with van der Waals surface area (Å²) in [7, 11) is 6.74. The smallest absolute Gasteiger partial charge is 0.253 e. The van der Waals surface area contributed by atoms with Gasteiger partial charge in [0.05, 0.1) is 25.8 Å². The number of methoxy groups -OCH3 is 2. The topological polar surface area (TPSA) is 76.6 Å². The highest BCUT2D eigenvalue weighted by atomic mass is 32.1. The summed E-state index contributed by atoms with van der Waals surface area (Å²) >= 11 is 1.69. The molecule has 8 heteroatoms. The number of rotatable bonds is 7. The van der Waals surface area contributed by atoms with Gasteiger partial charge in [0.25, 0.3) is 5.91 Å². The molecule has 1 amide bonds. The van der Waals surface area contributed by atoms with Crippen molar-refractivity contribution in [2.45, 2.75) is 19.9 Å². The van der Waals surface area contributed by atoms with E-state index in [1.165, 1.54) is 0 Å². The van der Waals surface area contributed by atoms with E-state index in [2.05, 4.69) is 34.3 Å². The third-order valence-electron chi connectivity index (χ3n) is 5.52. The van der Waals surface area contributed by atoms with Gasteiger partial charge in [0.1, 0.15) is 11.6 Å². The van der Waals surface area contributed by atoms with Crippen LogP contribution in [0, 0.1) is 6.92 Å². The van der Waals surface area contributed by atoms with E-state index in [4.69, 9.17) is 9.47 Å². The lowest BCUT2D eigenvalue weighted by atomic mass is 10.1. The second kappa shape index (κ2) is 9.69. The summed E-state index contributed by atoms with van der Waals surface area (Å²) in [6.07, 6.45) is 0. The Morgan fingerprint density at radius 1 is 1.03 bits per heavy atom. The van der Waals surface area contributed by atoms with Crippen molar-refractivity contribution >= 4 is 34.0 Å². The van der Waals surface area contributed by atoms with Crippen LogP contribution in [0.15, 0.2) is 48.5 Å². The molecule has 0 aliphatic rings. The molecule has 4 rings (SSSR count). The minimum Gasteiger partial charge on any atom is -0.493 e. The number of hydrogen-bond donors (Lipinski definition) is 1. The van der Waals surface area contributed by atoms with Gasteiger partial charge in [0.2, 0.25) is 0 Å². The van der Waals surface area contributed by atoms with E-state index in [1.807, 2.05) is 43.3 Å². The molecule has 176 valence electrons. The molecule has 0 radical (unpaired) electrons. The maximum Gasteiger partial charge on any atom is 0.253 e. The molecular formula is C26H28N4O3S. The first-order chi connectivity index (χ1) is 16.3. The number of carbonyl (C=O) groups excluding carboxylic acids is 1. The standard InChI is InChI=1S/C26H28N4O3S/c1-15(23-10-11-24(34-23)17-8-7-9-18(12-17)26(31)30(3)4)27-25-19-13-21(32-5)22(33-6)14-20(19)28-16(2)29-25/h7-15H,1-6H3,(H,27,28,29). The molecule has 2 aromatic carbocycles. The van der Waals surface area contributed by atoms with Gasteiger partial charge >= 0.3 is 0 Å².